The maximum atomic E-state index is 13.3. The molecule has 0 saturated heterocycles. The molecule has 0 bridgehead atoms. The van der Waals surface area contributed by atoms with Crippen molar-refractivity contribution in [3.63, 3.8) is 0 Å². The number of hydrogen-bond acceptors (Lipinski definition) is 10. The van der Waals surface area contributed by atoms with Crippen LogP contribution in [-0.2, 0) is 28.7 Å². The van der Waals surface area contributed by atoms with Crippen LogP contribution in [0, 0.1) is 10.1 Å². The van der Waals surface area contributed by atoms with E-state index < -0.39 is 47.2 Å². The van der Waals surface area contributed by atoms with E-state index in [1.165, 1.54) is 49.9 Å². The Morgan fingerprint density at radius 1 is 1.11 bits per heavy atom. The molecule has 1 aliphatic heterocycles. The number of nitrogens with zero attached hydrogens (tertiary/aromatic N) is 2. The fourth-order valence-electron chi connectivity index (χ4n) is 4.23. The molecular weight excluding hydrogens is 506 g/mol. The molecule has 37 heavy (non-hydrogen) atoms. The van der Waals surface area contributed by atoms with Crippen LogP contribution < -0.4 is 5.32 Å². The number of nitrogens with one attached hydrogen (secondary N) is 1. The number of allylic oxidation sites excluding steroid dienone is 2. The molecule has 1 amide bonds. The number of esters is 2. The van der Waals surface area contributed by atoms with Crippen LogP contribution in [0.3, 0.4) is 0 Å². The summed E-state index contributed by atoms with van der Waals surface area (Å²) < 4.78 is 9.87. The number of thioether (sulfide) groups is 1. The highest BCUT2D eigenvalue weighted by molar-refractivity contribution is 7.98. The van der Waals surface area contributed by atoms with Gasteiger partial charge in [-0.3, -0.25) is 29.9 Å². The first-order valence-corrected chi connectivity index (χ1v) is 12.5. The molecule has 0 spiro atoms. The number of methoxy groups -OCH3 is 2. The predicted octanol–water partition coefficient (Wildman–Crippen LogP) is 2.21. The van der Waals surface area contributed by atoms with Gasteiger partial charge in [0.05, 0.1) is 42.8 Å². The number of amides is 1. The number of benzene rings is 1. The Labute approximate surface area is 217 Å². The van der Waals surface area contributed by atoms with Gasteiger partial charge in [-0.2, -0.15) is 11.8 Å². The van der Waals surface area contributed by atoms with E-state index in [1.54, 1.807) is 0 Å². The van der Waals surface area contributed by atoms with Gasteiger partial charge in [0.1, 0.15) is 6.04 Å². The largest absolute Gasteiger partial charge is 0.480 e. The minimum Gasteiger partial charge on any atom is -0.480 e. The standard InChI is InChI=1S/C24H29N3O9S/c1-13-19(23(31)35-3)21(15-8-6-7-9-17(15)27(33)34)20(24(32)36-4)14(2)26(13)18(28)12-25-16(22(29)30)10-11-37-5/h6-9,16,21,25H,10-12H2,1-5H3,(H,29,30). The van der Waals surface area contributed by atoms with Crippen molar-refractivity contribution in [3.05, 3.63) is 62.5 Å². The average Bonchev–Trinajstić information content (AvgIpc) is 2.87. The van der Waals surface area contributed by atoms with Crippen LogP contribution >= 0.6 is 11.8 Å². The molecule has 1 aromatic carbocycles. The summed E-state index contributed by atoms with van der Waals surface area (Å²) >= 11 is 1.46. The Balaban J connectivity index is 2.69. The fraction of sp³-hybridized carbons (Fsp3) is 0.417. The summed E-state index contributed by atoms with van der Waals surface area (Å²) in [5.41, 5.74) is -0.441. The molecule has 0 fully saturated rings. The lowest BCUT2D eigenvalue weighted by Crippen LogP contribution is -2.46. The zero-order valence-corrected chi connectivity index (χ0v) is 21.9. The molecule has 1 aromatic rings. The number of carboxylic acids is 1. The van der Waals surface area contributed by atoms with E-state index in [0.29, 0.717) is 5.75 Å². The van der Waals surface area contributed by atoms with Crippen molar-refractivity contribution < 1.29 is 38.7 Å². The SMILES string of the molecule is COC(=O)C1=C(C)N(C(=O)CNC(CCSC)C(=O)O)C(C)=C(C(=O)OC)C1c1ccccc1[N+](=O)[O-]. The first-order chi connectivity index (χ1) is 17.5. The molecule has 1 unspecified atom stereocenters. The van der Waals surface area contributed by atoms with Crippen molar-refractivity contribution in [2.75, 3.05) is 32.8 Å². The number of carbonyl (C=O) groups excluding carboxylic acids is 3. The van der Waals surface area contributed by atoms with Gasteiger partial charge in [0.25, 0.3) is 5.69 Å². The first-order valence-electron chi connectivity index (χ1n) is 11.1. The van der Waals surface area contributed by atoms with E-state index in [-0.39, 0.29) is 40.2 Å². The lowest BCUT2D eigenvalue weighted by molar-refractivity contribution is -0.385. The van der Waals surface area contributed by atoms with Crippen LogP contribution in [0.4, 0.5) is 5.69 Å². The summed E-state index contributed by atoms with van der Waals surface area (Å²) in [4.78, 5) is 63.1. The number of ether oxygens (including phenoxy) is 2. The van der Waals surface area contributed by atoms with Gasteiger partial charge >= 0.3 is 17.9 Å². The van der Waals surface area contributed by atoms with E-state index in [9.17, 15) is 34.4 Å². The molecule has 13 heteroatoms. The molecule has 200 valence electrons. The number of rotatable bonds is 11. The molecular formula is C24H29N3O9S. The van der Waals surface area contributed by atoms with E-state index in [0.717, 1.165) is 19.1 Å². The van der Waals surface area contributed by atoms with Crippen LogP contribution in [0.2, 0.25) is 0 Å². The lowest BCUT2D eigenvalue weighted by Gasteiger charge is -2.36. The van der Waals surface area contributed by atoms with E-state index in [2.05, 4.69) is 5.32 Å². The molecule has 0 radical (unpaired) electrons. The molecule has 2 rings (SSSR count). The van der Waals surface area contributed by atoms with Crippen molar-refractivity contribution in [2.45, 2.75) is 32.2 Å². The molecule has 12 nitrogen and oxygen atoms in total. The number of carbonyl (C=O) groups is 4. The highest BCUT2D eigenvalue weighted by atomic mass is 32.2. The number of aliphatic carboxylic acids is 1. The minimum absolute atomic E-state index is 0.0419. The van der Waals surface area contributed by atoms with E-state index in [4.69, 9.17) is 9.47 Å². The Hall–Kier alpha value is -3.71. The molecule has 1 aliphatic rings. The zero-order valence-electron chi connectivity index (χ0n) is 21.1. The maximum absolute atomic E-state index is 13.3. The van der Waals surface area contributed by atoms with Gasteiger partial charge in [-0.05, 0) is 32.3 Å². The van der Waals surface area contributed by atoms with Gasteiger partial charge in [-0.25, -0.2) is 9.59 Å². The topological polar surface area (TPSA) is 165 Å². The van der Waals surface area contributed by atoms with Gasteiger partial charge in [-0.1, -0.05) is 18.2 Å². The Bertz CT molecular complexity index is 1120. The van der Waals surface area contributed by atoms with Gasteiger partial charge < -0.3 is 14.6 Å². The first kappa shape index (κ1) is 29.5. The van der Waals surface area contributed by atoms with Crippen molar-refractivity contribution in [1.29, 1.82) is 0 Å². The average molecular weight is 536 g/mol. The van der Waals surface area contributed by atoms with Crippen molar-refractivity contribution in [1.82, 2.24) is 10.2 Å². The third-order valence-electron chi connectivity index (χ3n) is 5.94. The van der Waals surface area contributed by atoms with Crippen LogP contribution in [0.25, 0.3) is 0 Å². The Kier molecular flexibility index (Phi) is 10.4. The monoisotopic (exact) mass is 535 g/mol. The quantitative estimate of drug-likeness (QED) is 0.242. The van der Waals surface area contributed by atoms with Gasteiger partial charge in [0.2, 0.25) is 5.91 Å². The highest BCUT2D eigenvalue weighted by Gasteiger charge is 2.44. The molecule has 2 N–H and O–H groups in total. The van der Waals surface area contributed by atoms with Gasteiger partial charge in [-0.15, -0.1) is 0 Å². The summed E-state index contributed by atoms with van der Waals surface area (Å²) in [7, 11) is 2.22. The summed E-state index contributed by atoms with van der Waals surface area (Å²) in [5.74, 6) is -4.27. The fourth-order valence-corrected chi connectivity index (χ4v) is 4.70. The van der Waals surface area contributed by atoms with Gasteiger partial charge in [0, 0.05) is 23.0 Å². The molecule has 1 atom stereocenters. The molecule has 0 aromatic heterocycles. The third-order valence-corrected chi connectivity index (χ3v) is 6.58. The molecule has 0 aliphatic carbocycles. The maximum Gasteiger partial charge on any atom is 0.336 e. The zero-order chi connectivity index (χ0) is 27.9. The number of hydrogen-bond donors (Lipinski definition) is 2. The Morgan fingerprint density at radius 3 is 2.11 bits per heavy atom. The van der Waals surface area contributed by atoms with Crippen molar-refractivity contribution in [2.24, 2.45) is 0 Å². The van der Waals surface area contributed by atoms with Crippen LogP contribution in [0.5, 0.6) is 0 Å². The van der Waals surface area contributed by atoms with Crippen LogP contribution in [0.15, 0.2) is 46.8 Å². The van der Waals surface area contributed by atoms with Crippen molar-refractivity contribution in [3.8, 4) is 0 Å². The molecule has 1 heterocycles. The molecule has 0 saturated carbocycles. The number of carboxylic acid groups (broad SMARTS) is 1. The number of para-hydroxylation sites is 1. The highest BCUT2D eigenvalue weighted by Crippen LogP contribution is 2.45. The van der Waals surface area contributed by atoms with Crippen LogP contribution in [0.1, 0.15) is 31.7 Å². The second-order valence-corrected chi connectivity index (χ2v) is 9.00. The predicted molar refractivity (Wildman–Crippen MR) is 135 cm³/mol. The normalized spacial score (nSPS) is 14.9. The second-order valence-electron chi connectivity index (χ2n) is 8.01. The summed E-state index contributed by atoms with van der Waals surface area (Å²) in [6, 6.07) is 4.64. The smallest absolute Gasteiger partial charge is 0.336 e. The Morgan fingerprint density at radius 2 is 1.65 bits per heavy atom. The second kappa shape index (κ2) is 13.0. The third kappa shape index (κ3) is 6.35. The van der Waals surface area contributed by atoms with Crippen LogP contribution in [-0.4, -0.2) is 77.6 Å². The van der Waals surface area contributed by atoms with Gasteiger partial charge in [0.15, 0.2) is 0 Å². The summed E-state index contributed by atoms with van der Waals surface area (Å²) in [6.45, 7) is 2.48. The summed E-state index contributed by atoms with van der Waals surface area (Å²) in [5, 5.41) is 24.0. The van der Waals surface area contributed by atoms with E-state index in [1.807, 2.05) is 6.26 Å². The lowest BCUT2D eigenvalue weighted by atomic mass is 9.79. The number of nitro benzene ring substituents is 1. The number of nitro groups is 1. The minimum atomic E-state index is -1.26. The van der Waals surface area contributed by atoms with Crippen molar-refractivity contribution >= 4 is 41.3 Å². The summed E-state index contributed by atoms with van der Waals surface area (Å²) in [6.07, 6.45) is 2.10. The van der Waals surface area contributed by atoms with E-state index >= 15 is 0 Å².